The van der Waals surface area contributed by atoms with Gasteiger partial charge in [0.1, 0.15) is 0 Å². The zero-order valence-electron chi connectivity index (χ0n) is 8.69. The largest absolute Gasteiger partial charge is 0.303 e. The van der Waals surface area contributed by atoms with Crippen LogP contribution >= 0.6 is 11.8 Å². The van der Waals surface area contributed by atoms with Crippen molar-refractivity contribution >= 4 is 11.8 Å². The second-order valence-corrected chi connectivity index (χ2v) is 5.42. The van der Waals surface area contributed by atoms with Gasteiger partial charge in [0.15, 0.2) is 0 Å². The van der Waals surface area contributed by atoms with Crippen molar-refractivity contribution in [2.24, 2.45) is 0 Å². The van der Waals surface area contributed by atoms with Crippen LogP contribution in [-0.4, -0.2) is 40.5 Å². The van der Waals surface area contributed by atoms with E-state index in [9.17, 15) is 0 Å². The first-order valence-corrected chi connectivity index (χ1v) is 4.74. The van der Waals surface area contributed by atoms with Crippen molar-refractivity contribution in [3.8, 4) is 0 Å². The van der Waals surface area contributed by atoms with E-state index in [0.29, 0.717) is 0 Å². The normalized spacial score (nSPS) is 30.5. The Hall–Kier alpha value is 0.210. The molecule has 0 N–H and O–H groups in total. The number of nitrogens with zero attached hydrogens (tertiary/aromatic N) is 2. The van der Waals surface area contributed by atoms with Crippen LogP contribution in [0.1, 0.15) is 27.7 Å². The Labute approximate surface area is 80.6 Å². The minimum Gasteiger partial charge on any atom is -0.303 e. The van der Waals surface area contributed by atoms with Crippen molar-refractivity contribution in [3.63, 3.8) is 0 Å². The molecule has 0 aliphatic carbocycles. The Morgan fingerprint density at radius 2 is 1.33 bits per heavy atom. The third-order valence-electron chi connectivity index (χ3n) is 2.38. The van der Waals surface area contributed by atoms with Gasteiger partial charge in [-0.15, -0.1) is 0 Å². The SMILES string of the molecule is CN1CC(C)(C)N(Cl)C(C)(C)C1. The van der Waals surface area contributed by atoms with E-state index in [1.807, 2.05) is 4.42 Å². The fourth-order valence-corrected chi connectivity index (χ4v) is 2.43. The van der Waals surface area contributed by atoms with Crippen LogP contribution in [-0.2, 0) is 0 Å². The molecule has 0 aromatic rings. The number of hydrogen-bond acceptors (Lipinski definition) is 2. The second-order valence-electron chi connectivity index (χ2n) is 5.08. The average Bonchev–Trinajstić information content (AvgIpc) is 1.80. The predicted octanol–water partition coefficient (Wildman–Crippen LogP) is 1.94. The fraction of sp³-hybridized carbons (Fsp3) is 1.00. The Morgan fingerprint density at radius 3 is 1.67 bits per heavy atom. The summed E-state index contributed by atoms with van der Waals surface area (Å²) in [4.78, 5) is 2.33. The molecule has 0 atom stereocenters. The number of halogens is 1. The lowest BCUT2D eigenvalue weighted by Crippen LogP contribution is -2.64. The third-order valence-corrected chi connectivity index (χ3v) is 3.29. The van der Waals surface area contributed by atoms with Crippen molar-refractivity contribution in [1.29, 1.82) is 0 Å². The van der Waals surface area contributed by atoms with Gasteiger partial charge in [0.2, 0.25) is 0 Å². The summed E-state index contributed by atoms with van der Waals surface area (Å²) in [6, 6.07) is 0. The van der Waals surface area contributed by atoms with Gasteiger partial charge in [0.05, 0.1) is 0 Å². The van der Waals surface area contributed by atoms with Crippen LogP contribution in [0, 0.1) is 0 Å². The Bertz CT molecular complexity index is 159. The Morgan fingerprint density at radius 1 is 1.00 bits per heavy atom. The number of rotatable bonds is 0. The lowest BCUT2D eigenvalue weighted by atomic mass is 9.92. The van der Waals surface area contributed by atoms with E-state index in [-0.39, 0.29) is 11.1 Å². The zero-order valence-corrected chi connectivity index (χ0v) is 9.44. The smallest absolute Gasteiger partial charge is 0.0439 e. The number of piperazine rings is 1. The molecule has 1 heterocycles. The molecule has 2 nitrogen and oxygen atoms in total. The van der Waals surface area contributed by atoms with Gasteiger partial charge in [0, 0.05) is 24.2 Å². The maximum Gasteiger partial charge on any atom is 0.0439 e. The van der Waals surface area contributed by atoms with Crippen LogP contribution in [0.25, 0.3) is 0 Å². The minimum absolute atomic E-state index is 0.0675. The van der Waals surface area contributed by atoms with Gasteiger partial charge in [-0.1, -0.05) is 0 Å². The van der Waals surface area contributed by atoms with Crippen LogP contribution < -0.4 is 0 Å². The van der Waals surface area contributed by atoms with Crippen molar-refractivity contribution in [2.75, 3.05) is 20.1 Å². The summed E-state index contributed by atoms with van der Waals surface area (Å²) < 4.78 is 1.96. The molecular weight excluding hydrogens is 172 g/mol. The van der Waals surface area contributed by atoms with E-state index in [1.165, 1.54) is 0 Å². The van der Waals surface area contributed by atoms with Gasteiger partial charge in [0.25, 0.3) is 0 Å². The molecule has 1 rings (SSSR count). The molecule has 0 aromatic carbocycles. The van der Waals surface area contributed by atoms with Gasteiger partial charge in [-0.3, -0.25) is 0 Å². The van der Waals surface area contributed by atoms with Gasteiger partial charge >= 0.3 is 0 Å². The topological polar surface area (TPSA) is 6.48 Å². The maximum absolute atomic E-state index is 6.27. The minimum atomic E-state index is 0.0675. The lowest BCUT2D eigenvalue weighted by Gasteiger charge is -2.51. The molecule has 0 aromatic heterocycles. The molecule has 0 amide bonds. The van der Waals surface area contributed by atoms with Crippen molar-refractivity contribution in [3.05, 3.63) is 0 Å². The quantitative estimate of drug-likeness (QED) is 0.539. The lowest BCUT2D eigenvalue weighted by molar-refractivity contribution is 0.00735. The molecule has 1 aliphatic rings. The highest BCUT2D eigenvalue weighted by Gasteiger charge is 2.42. The van der Waals surface area contributed by atoms with Crippen LogP contribution in [0.15, 0.2) is 0 Å². The molecular formula is C9H19ClN2. The molecule has 3 heteroatoms. The molecule has 72 valence electrons. The van der Waals surface area contributed by atoms with E-state index in [0.717, 1.165) is 13.1 Å². The van der Waals surface area contributed by atoms with Crippen LogP contribution in [0.2, 0.25) is 0 Å². The highest BCUT2D eigenvalue weighted by Crippen LogP contribution is 2.32. The van der Waals surface area contributed by atoms with Gasteiger partial charge < -0.3 is 4.90 Å². The molecule has 0 bridgehead atoms. The third kappa shape index (κ3) is 1.76. The van der Waals surface area contributed by atoms with E-state index in [2.05, 4.69) is 39.6 Å². The maximum atomic E-state index is 6.27. The zero-order chi connectivity index (χ0) is 9.57. The fourth-order valence-electron chi connectivity index (χ4n) is 2.32. The van der Waals surface area contributed by atoms with Crippen molar-refractivity contribution in [2.45, 2.75) is 38.8 Å². The standard InChI is InChI=1S/C9H19ClN2/c1-8(2)6-11(5)7-9(3,4)12(8)10/h6-7H2,1-5H3. The first-order valence-electron chi connectivity index (χ1n) is 4.40. The first-order chi connectivity index (χ1) is 5.26. The summed E-state index contributed by atoms with van der Waals surface area (Å²) in [7, 11) is 2.15. The molecule has 0 radical (unpaired) electrons. The van der Waals surface area contributed by atoms with E-state index in [4.69, 9.17) is 11.8 Å². The molecule has 0 unspecified atom stereocenters. The van der Waals surface area contributed by atoms with E-state index < -0.39 is 0 Å². The van der Waals surface area contributed by atoms with Gasteiger partial charge in [-0.05, 0) is 46.5 Å². The monoisotopic (exact) mass is 190 g/mol. The summed E-state index contributed by atoms with van der Waals surface area (Å²) in [5.41, 5.74) is 0.135. The van der Waals surface area contributed by atoms with Gasteiger partial charge in [-0.25, -0.2) is 4.42 Å². The van der Waals surface area contributed by atoms with Crippen molar-refractivity contribution < 1.29 is 0 Å². The summed E-state index contributed by atoms with van der Waals surface area (Å²) in [5.74, 6) is 0. The second kappa shape index (κ2) is 2.86. The Kier molecular flexibility index (Phi) is 2.45. The van der Waals surface area contributed by atoms with Crippen molar-refractivity contribution in [1.82, 2.24) is 9.32 Å². The summed E-state index contributed by atoms with van der Waals surface area (Å²) >= 11 is 6.27. The molecule has 1 fully saturated rings. The van der Waals surface area contributed by atoms with Crippen LogP contribution in [0.4, 0.5) is 0 Å². The average molecular weight is 191 g/mol. The molecule has 12 heavy (non-hydrogen) atoms. The molecule has 1 aliphatic heterocycles. The predicted molar refractivity (Wildman–Crippen MR) is 53.3 cm³/mol. The highest BCUT2D eigenvalue weighted by molar-refractivity contribution is 6.14. The van der Waals surface area contributed by atoms with Crippen LogP contribution in [0.5, 0.6) is 0 Å². The van der Waals surface area contributed by atoms with Gasteiger partial charge in [-0.2, -0.15) is 0 Å². The molecule has 0 spiro atoms. The molecule has 1 saturated heterocycles. The summed E-state index contributed by atoms with van der Waals surface area (Å²) in [6.45, 7) is 10.8. The summed E-state index contributed by atoms with van der Waals surface area (Å²) in [6.07, 6.45) is 0. The highest BCUT2D eigenvalue weighted by atomic mass is 35.5. The van der Waals surface area contributed by atoms with Crippen LogP contribution in [0.3, 0.4) is 0 Å². The van der Waals surface area contributed by atoms with E-state index >= 15 is 0 Å². The summed E-state index contributed by atoms with van der Waals surface area (Å²) in [5, 5.41) is 0. The molecule has 0 saturated carbocycles. The first kappa shape index (κ1) is 10.3. The van der Waals surface area contributed by atoms with E-state index in [1.54, 1.807) is 0 Å². The Balaban J connectivity index is 2.84. The number of likely N-dealkylation sites (N-methyl/N-ethyl adjacent to an activating group) is 1. The number of hydrogen-bond donors (Lipinski definition) is 0.